The van der Waals surface area contributed by atoms with Gasteiger partial charge in [0.15, 0.2) is 0 Å². The maximum absolute atomic E-state index is 6.06. The lowest BCUT2D eigenvalue weighted by atomic mass is 10.1. The fourth-order valence-corrected chi connectivity index (χ4v) is 1.50. The molecule has 0 amide bonds. The van der Waals surface area contributed by atoms with E-state index in [1.54, 1.807) is 0 Å². The van der Waals surface area contributed by atoms with Gasteiger partial charge in [0.05, 0.1) is 0 Å². The lowest BCUT2D eigenvalue weighted by Crippen LogP contribution is -1.99. The SMILES string of the molecule is CCCCC(Cl)C1CC1. The monoisotopic (exact) mass is 146 g/mol. The summed E-state index contributed by atoms with van der Waals surface area (Å²) in [6, 6.07) is 0. The molecule has 0 aromatic rings. The summed E-state index contributed by atoms with van der Waals surface area (Å²) in [6.07, 6.45) is 6.61. The molecule has 1 fully saturated rings. The number of hydrogen-bond acceptors (Lipinski definition) is 0. The van der Waals surface area contributed by atoms with Crippen LogP contribution >= 0.6 is 11.6 Å². The minimum atomic E-state index is 0.505. The number of halogens is 1. The van der Waals surface area contributed by atoms with E-state index >= 15 is 0 Å². The lowest BCUT2D eigenvalue weighted by Gasteiger charge is -2.04. The van der Waals surface area contributed by atoms with Gasteiger partial charge in [-0.3, -0.25) is 0 Å². The first-order valence-corrected chi connectivity index (χ1v) is 4.42. The van der Waals surface area contributed by atoms with Crippen molar-refractivity contribution < 1.29 is 0 Å². The molecule has 0 aromatic heterocycles. The van der Waals surface area contributed by atoms with Gasteiger partial charge in [0.25, 0.3) is 0 Å². The van der Waals surface area contributed by atoms with Crippen molar-refractivity contribution in [3.63, 3.8) is 0 Å². The molecule has 0 aromatic carbocycles. The molecule has 0 saturated heterocycles. The zero-order chi connectivity index (χ0) is 6.69. The van der Waals surface area contributed by atoms with Crippen molar-refractivity contribution in [2.24, 2.45) is 5.92 Å². The standard InChI is InChI=1S/C8H15Cl/c1-2-3-4-8(9)7-5-6-7/h7-8H,2-6H2,1H3. The third-order valence-corrected chi connectivity index (χ3v) is 2.54. The highest BCUT2D eigenvalue weighted by Gasteiger charge is 2.28. The highest BCUT2D eigenvalue weighted by Crippen LogP contribution is 2.37. The molecule has 1 aliphatic carbocycles. The van der Waals surface area contributed by atoms with Crippen molar-refractivity contribution in [1.82, 2.24) is 0 Å². The third kappa shape index (κ3) is 2.57. The maximum Gasteiger partial charge on any atom is 0.0364 e. The molecule has 1 atom stereocenters. The largest absolute Gasteiger partial charge is 0.123 e. The second kappa shape index (κ2) is 3.46. The minimum absolute atomic E-state index is 0.505. The van der Waals surface area contributed by atoms with E-state index in [9.17, 15) is 0 Å². The summed E-state index contributed by atoms with van der Waals surface area (Å²) >= 11 is 6.06. The van der Waals surface area contributed by atoms with Gasteiger partial charge in [-0.15, -0.1) is 11.6 Å². The molecular formula is C8H15Cl. The van der Waals surface area contributed by atoms with Gasteiger partial charge in [0, 0.05) is 5.38 Å². The van der Waals surface area contributed by atoms with Gasteiger partial charge in [0.2, 0.25) is 0 Å². The van der Waals surface area contributed by atoms with Crippen molar-refractivity contribution >= 4 is 11.6 Å². The van der Waals surface area contributed by atoms with Crippen LogP contribution in [0.1, 0.15) is 39.0 Å². The Morgan fingerprint density at radius 3 is 2.67 bits per heavy atom. The molecule has 1 rings (SSSR count). The highest BCUT2D eigenvalue weighted by molar-refractivity contribution is 6.20. The molecule has 0 N–H and O–H groups in total. The molecule has 1 heteroatoms. The Labute approximate surface area is 62.6 Å². The Morgan fingerprint density at radius 1 is 1.56 bits per heavy atom. The van der Waals surface area contributed by atoms with Gasteiger partial charge >= 0.3 is 0 Å². The smallest absolute Gasteiger partial charge is 0.0364 e. The van der Waals surface area contributed by atoms with E-state index in [0.717, 1.165) is 5.92 Å². The van der Waals surface area contributed by atoms with Gasteiger partial charge < -0.3 is 0 Å². The van der Waals surface area contributed by atoms with Crippen LogP contribution in [-0.4, -0.2) is 5.38 Å². The van der Waals surface area contributed by atoms with Crippen molar-refractivity contribution in [3.8, 4) is 0 Å². The van der Waals surface area contributed by atoms with Crippen molar-refractivity contribution in [3.05, 3.63) is 0 Å². The van der Waals surface area contributed by atoms with Gasteiger partial charge in [0.1, 0.15) is 0 Å². The first kappa shape index (κ1) is 7.40. The summed E-state index contributed by atoms with van der Waals surface area (Å²) in [4.78, 5) is 0. The Kier molecular flexibility index (Phi) is 2.84. The molecule has 0 heterocycles. The van der Waals surface area contributed by atoms with Crippen LogP contribution in [0.4, 0.5) is 0 Å². The molecular weight excluding hydrogens is 132 g/mol. The fraction of sp³-hybridized carbons (Fsp3) is 1.00. The second-order valence-corrected chi connectivity index (χ2v) is 3.56. The topological polar surface area (TPSA) is 0 Å². The van der Waals surface area contributed by atoms with E-state index in [-0.39, 0.29) is 0 Å². The van der Waals surface area contributed by atoms with Crippen LogP contribution in [0.25, 0.3) is 0 Å². The summed E-state index contributed by atoms with van der Waals surface area (Å²) in [5.41, 5.74) is 0. The quantitative estimate of drug-likeness (QED) is 0.535. The predicted octanol–water partition coefficient (Wildman–Crippen LogP) is 3.19. The van der Waals surface area contributed by atoms with E-state index in [1.807, 2.05) is 0 Å². The average molecular weight is 147 g/mol. The van der Waals surface area contributed by atoms with E-state index in [1.165, 1.54) is 32.1 Å². The molecule has 9 heavy (non-hydrogen) atoms. The van der Waals surface area contributed by atoms with Crippen LogP contribution in [0.5, 0.6) is 0 Å². The van der Waals surface area contributed by atoms with E-state index < -0.39 is 0 Å². The van der Waals surface area contributed by atoms with Crippen molar-refractivity contribution in [1.29, 1.82) is 0 Å². The lowest BCUT2D eigenvalue weighted by molar-refractivity contribution is 0.629. The number of unbranched alkanes of at least 4 members (excludes halogenated alkanes) is 1. The zero-order valence-electron chi connectivity index (χ0n) is 6.07. The summed E-state index contributed by atoms with van der Waals surface area (Å²) in [7, 11) is 0. The van der Waals surface area contributed by atoms with Gasteiger partial charge in [-0.2, -0.15) is 0 Å². The van der Waals surface area contributed by atoms with Crippen LogP contribution in [0.2, 0.25) is 0 Å². The molecule has 0 nitrogen and oxygen atoms in total. The van der Waals surface area contributed by atoms with Crippen molar-refractivity contribution in [2.45, 2.75) is 44.4 Å². The van der Waals surface area contributed by atoms with E-state index in [0.29, 0.717) is 5.38 Å². The summed E-state index contributed by atoms with van der Waals surface area (Å²) in [5.74, 6) is 0.887. The second-order valence-electron chi connectivity index (χ2n) is 3.00. The first-order valence-electron chi connectivity index (χ1n) is 3.98. The van der Waals surface area contributed by atoms with Crippen LogP contribution in [0, 0.1) is 5.92 Å². The predicted molar refractivity (Wildman–Crippen MR) is 41.9 cm³/mol. The molecule has 1 unspecified atom stereocenters. The van der Waals surface area contributed by atoms with E-state index in [2.05, 4.69) is 6.92 Å². The van der Waals surface area contributed by atoms with Crippen LogP contribution in [0.3, 0.4) is 0 Å². The Morgan fingerprint density at radius 2 is 2.22 bits per heavy atom. The number of alkyl halides is 1. The molecule has 0 bridgehead atoms. The summed E-state index contributed by atoms with van der Waals surface area (Å²) < 4.78 is 0. The Hall–Kier alpha value is 0.290. The Bertz CT molecular complexity index is 76.6. The van der Waals surface area contributed by atoms with Crippen LogP contribution in [0.15, 0.2) is 0 Å². The molecule has 0 aliphatic heterocycles. The maximum atomic E-state index is 6.06. The van der Waals surface area contributed by atoms with Gasteiger partial charge in [-0.1, -0.05) is 19.8 Å². The number of rotatable bonds is 4. The number of hydrogen-bond donors (Lipinski definition) is 0. The van der Waals surface area contributed by atoms with Crippen LogP contribution < -0.4 is 0 Å². The normalized spacial score (nSPS) is 22.0. The molecule has 1 aliphatic rings. The molecule has 1 saturated carbocycles. The van der Waals surface area contributed by atoms with Gasteiger partial charge in [-0.05, 0) is 25.2 Å². The first-order chi connectivity index (χ1) is 4.34. The van der Waals surface area contributed by atoms with Crippen LogP contribution in [-0.2, 0) is 0 Å². The van der Waals surface area contributed by atoms with E-state index in [4.69, 9.17) is 11.6 Å². The molecule has 0 spiro atoms. The summed E-state index contributed by atoms with van der Waals surface area (Å²) in [5, 5.41) is 0.505. The molecule has 0 radical (unpaired) electrons. The average Bonchev–Trinajstić information content (AvgIpc) is 2.63. The fourth-order valence-electron chi connectivity index (χ4n) is 1.09. The van der Waals surface area contributed by atoms with Gasteiger partial charge in [-0.25, -0.2) is 0 Å². The zero-order valence-corrected chi connectivity index (χ0v) is 6.82. The summed E-state index contributed by atoms with van der Waals surface area (Å²) in [6.45, 7) is 2.22. The Balaban J connectivity index is 1.96. The molecule has 54 valence electrons. The highest BCUT2D eigenvalue weighted by atomic mass is 35.5. The van der Waals surface area contributed by atoms with Crippen molar-refractivity contribution in [2.75, 3.05) is 0 Å². The third-order valence-electron chi connectivity index (χ3n) is 1.97. The minimum Gasteiger partial charge on any atom is -0.123 e.